The summed E-state index contributed by atoms with van der Waals surface area (Å²) in [5.41, 5.74) is 1.88. The molecule has 2 aromatic carbocycles. The molecule has 1 amide bonds. The van der Waals surface area contributed by atoms with Crippen molar-refractivity contribution in [2.45, 2.75) is 0 Å². The summed E-state index contributed by atoms with van der Waals surface area (Å²) in [4.78, 5) is 16.3. The average molecular weight is 324 g/mol. The summed E-state index contributed by atoms with van der Waals surface area (Å²) in [6, 6.07) is 12.3. The normalized spacial score (nSPS) is 10.2. The molecule has 0 atom stereocenters. The SMILES string of the molecule is COc1cccc(C(=O)Nc2ccc(-c3cnco3)c(OC)c2)c1. The molecule has 0 saturated carbocycles. The Bertz CT molecular complexity index is 844. The second kappa shape index (κ2) is 6.87. The zero-order valence-corrected chi connectivity index (χ0v) is 13.3. The number of benzene rings is 2. The number of oxazole rings is 1. The van der Waals surface area contributed by atoms with Crippen molar-refractivity contribution in [3.8, 4) is 22.8 Å². The van der Waals surface area contributed by atoms with Crippen molar-refractivity contribution in [1.82, 2.24) is 4.98 Å². The van der Waals surface area contributed by atoms with Crippen LogP contribution in [0.4, 0.5) is 5.69 Å². The molecular weight excluding hydrogens is 308 g/mol. The molecule has 122 valence electrons. The van der Waals surface area contributed by atoms with Gasteiger partial charge < -0.3 is 19.2 Å². The highest BCUT2D eigenvalue weighted by Gasteiger charge is 2.12. The van der Waals surface area contributed by atoms with Crippen LogP contribution in [0.5, 0.6) is 11.5 Å². The van der Waals surface area contributed by atoms with Crippen molar-refractivity contribution in [2.24, 2.45) is 0 Å². The molecule has 3 aromatic rings. The molecule has 3 rings (SSSR count). The van der Waals surface area contributed by atoms with E-state index in [0.29, 0.717) is 28.5 Å². The van der Waals surface area contributed by atoms with Crippen LogP contribution >= 0.6 is 0 Å². The lowest BCUT2D eigenvalue weighted by atomic mass is 10.1. The number of carbonyl (C=O) groups excluding carboxylic acids is 1. The Labute approximate surface area is 139 Å². The van der Waals surface area contributed by atoms with E-state index in [1.165, 1.54) is 6.39 Å². The molecule has 0 radical (unpaired) electrons. The summed E-state index contributed by atoms with van der Waals surface area (Å²) in [6.07, 6.45) is 2.96. The van der Waals surface area contributed by atoms with Crippen molar-refractivity contribution in [2.75, 3.05) is 19.5 Å². The standard InChI is InChI=1S/C18H16N2O4/c1-22-14-5-3-4-12(8-14)18(21)20-13-6-7-15(16(9-13)23-2)17-10-19-11-24-17/h3-11H,1-2H3,(H,20,21). The number of nitrogens with one attached hydrogen (secondary N) is 1. The van der Waals surface area contributed by atoms with Crippen molar-refractivity contribution in [1.29, 1.82) is 0 Å². The highest BCUT2D eigenvalue weighted by Crippen LogP contribution is 2.32. The van der Waals surface area contributed by atoms with Gasteiger partial charge in [-0.3, -0.25) is 4.79 Å². The molecule has 24 heavy (non-hydrogen) atoms. The number of carbonyl (C=O) groups is 1. The highest BCUT2D eigenvalue weighted by molar-refractivity contribution is 6.04. The van der Waals surface area contributed by atoms with Crippen LogP contribution < -0.4 is 14.8 Å². The van der Waals surface area contributed by atoms with Crippen molar-refractivity contribution >= 4 is 11.6 Å². The predicted molar refractivity (Wildman–Crippen MR) is 89.4 cm³/mol. The van der Waals surface area contributed by atoms with Gasteiger partial charge in [0.05, 0.1) is 26.0 Å². The Hall–Kier alpha value is -3.28. The van der Waals surface area contributed by atoms with E-state index in [-0.39, 0.29) is 5.91 Å². The lowest BCUT2D eigenvalue weighted by Crippen LogP contribution is -2.12. The number of amides is 1. The van der Waals surface area contributed by atoms with Crippen LogP contribution in [0.3, 0.4) is 0 Å². The first-order valence-electron chi connectivity index (χ1n) is 7.23. The quantitative estimate of drug-likeness (QED) is 0.776. The number of hydrogen-bond acceptors (Lipinski definition) is 5. The molecule has 0 fully saturated rings. The van der Waals surface area contributed by atoms with Crippen molar-refractivity contribution in [3.63, 3.8) is 0 Å². The van der Waals surface area contributed by atoms with Gasteiger partial charge in [0.15, 0.2) is 12.2 Å². The number of nitrogens with zero attached hydrogens (tertiary/aromatic N) is 1. The first kappa shape index (κ1) is 15.6. The van der Waals surface area contributed by atoms with Crippen LogP contribution in [0.25, 0.3) is 11.3 Å². The minimum Gasteiger partial charge on any atom is -0.497 e. The van der Waals surface area contributed by atoms with Crippen LogP contribution in [0.1, 0.15) is 10.4 Å². The Morgan fingerprint density at radius 3 is 2.71 bits per heavy atom. The molecule has 0 aliphatic heterocycles. The number of hydrogen-bond donors (Lipinski definition) is 1. The third-order valence-corrected chi connectivity index (χ3v) is 3.49. The largest absolute Gasteiger partial charge is 0.497 e. The third-order valence-electron chi connectivity index (χ3n) is 3.49. The van der Waals surface area contributed by atoms with Gasteiger partial charge in [0, 0.05) is 17.3 Å². The Morgan fingerprint density at radius 2 is 2.00 bits per heavy atom. The van der Waals surface area contributed by atoms with E-state index in [1.807, 2.05) is 0 Å². The molecule has 0 aliphatic rings. The molecule has 0 aliphatic carbocycles. The molecule has 6 nitrogen and oxygen atoms in total. The molecule has 6 heteroatoms. The van der Waals surface area contributed by atoms with Gasteiger partial charge in [-0.1, -0.05) is 6.07 Å². The summed E-state index contributed by atoms with van der Waals surface area (Å²) < 4.78 is 15.8. The molecule has 0 unspecified atom stereocenters. The molecular formula is C18H16N2O4. The lowest BCUT2D eigenvalue weighted by molar-refractivity contribution is 0.102. The highest BCUT2D eigenvalue weighted by atomic mass is 16.5. The average Bonchev–Trinajstić information content (AvgIpc) is 3.16. The molecule has 0 spiro atoms. The van der Waals surface area contributed by atoms with E-state index < -0.39 is 0 Å². The molecule has 1 N–H and O–H groups in total. The Balaban J connectivity index is 1.83. The number of ether oxygens (including phenoxy) is 2. The fourth-order valence-corrected chi connectivity index (χ4v) is 2.29. The summed E-state index contributed by atoms with van der Waals surface area (Å²) in [7, 11) is 3.12. The summed E-state index contributed by atoms with van der Waals surface area (Å²) in [6.45, 7) is 0. The fourth-order valence-electron chi connectivity index (χ4n) is 2.29. The minimum absolute atomic E-state index is 0.233. The van der Waals surface area contributed by atoms with E-state index in [9.17, 15) is 4.79 Å². The van der Waals surface area contributed by atoms with E-state index >= 15 is 0 Å². The lowest BCUT2D eigenvalue weighted by Gasteiger charge is -2.10. The van der Waals surface area contributed by atoms with Crippen molar-refractivity contribution < 1.29 is 18.7 Å². The first-order valence-corrected chi connectivity index (χ1v) is 7.23. The van der Waals surface area contributed by atoms with Gasteiger partial charge in [-0.15, -0.1) is 0 Å². The second-order valence-corrected chi connectivity index (χ2v) is 4.97. The van der Waals surface area contributed by atoms with Crippen LogP contribution in [0.15, 0.2) is 59.5 Å². The maximum absolute atomic E-state index is 12.4. The Kier molecular flexibility index (Phi) is 4.47. The van der Waals surface area contributed by atoms with Gasteiger partial charge >= 0.3 is 0 Å². The number of anilines is 1. The van der Waals surface area contributed by atoms with Gasteiger partial charge in [-0.2, -0.15) is 0 Å². The third kappa shape index (κ3) is 3.22. The van der Waals surface area contributed by atoms with Crippen LogP contribution in [0.2, 0.25) is 0 Å². The van der Waals surface area contributed by atoms with E-state index in [0.717, 1.165) is 5.56 Å². The molecule has 1 aromatic heterocycles. The molecule has 0 saturated heterocycles. The summed E-state index contributed by atoms with van der Waals surface area (Å²) >= 11 is 0. The van der Waals surface area contributed by atoms with E-state index in [1.54, 1.807) is 62.9 Å². The van der Waals surface area contributed by atoms with Gasteiger partial charge in [0.25, 0.3) is 5.91 Å². The molecule has 0 bridgehead atoms. The van der Waals surface area contributed by atoms with Crippen LogP contribution in [0, 0.1) is 0 Å². The van der Waals surface area contributed by atoms with E-state index in [4.69, 9.17) is 13.9 Å². The van der Waals surface area contributed by atoms with Gasteiger partial charge in [-0.05, 0) is 30.3 Å². The van der Waals surface area contributed by atoms with Crippen LogP contribution in [-0.2, 0) is 0 Å². The summed E-state index contributed by atoms with van der Waals surface area (Å²) in [5.74, 6) is 1.57. The number of rotatable bonds is 5. The first-order chi connectivity index (χ1) is 11.7. The maximum Gasteiger partial charge on any atom is 0.255 e. The minimum atomic E-state index is -0.233. The van der Waals surface area contributed by atoms with Gasteiger partial charge in [0.1, 0.15) is 11.5 Å². The summed E-state index contributed by atoms with van der Waals surface area (Å²) in [5, 5.41) is 2.84. The van der Waals surface area contributed by atoms with Crippen LogP contribution in [-0.4, -0.2) is 25.1 Å². The number of aromatic nitrogens is 1. The zero-order chi connectivity index (χ0) is 16.9. The smallest absolute Gasteiger partial charge is 0.255 e. The van der Waals surface area contributed by atoms with E-state index in [2.05, 4.69) is 10.3 Å². The zero-order valence-electron chi connectivity index (χ0n) is 13.3. The van der Waals surface area contributed by atoms with Gasteiger partial charge in [-0.25, -0.2) is 4.98 Å². The van der Waals surface area contributed by atoms with Crippen molar-refractivity contribution in [3.05, 3.63) is 60.6 Å². The topological polar surface area (TPSA) is 73.6 Å². The monoisotopic (exact) mass is 324 g/mol. The second-order valence-electron chi connectivity index (χ2n) is 4.97. The number of methoxy groups -OCH3 is 2. The predicted octanol–water partition coefficient (Wildman–Crippen LogP) is 3.61. The maximum atomic E-state index is 12.4. The molecule has 1 heterocycles. The fraction of sp³-hybridized carbons (Fsp3) is 0.111. The Morgan fingerprint density at radius 1 is 1.12 bits per heavy atom. The van der Waals surface area contributed by atoms with Gasteiger partial charge in [0.2, 0.25) is 0 Å².